The topological polar surface area (TPSA) is 86.2 Å². The van der Waals surface area contributed by atoms with Gasteiger partial charge in [0.05, 0.1) is 21.3 Å². The molecule has 0 aliphatic carbocycles. The van der Waals surface area contributed by atoms with E-state index in [4.69, 9.17) is 17.3 Å². The van der Waals surface area contributed by atoms with Crippen LogP contribution in [-0.4, -0.2) is 20.9 Å². The van der Waals surface area contributed by atoms with Crippen LogP contribution >= 0.6 is 11.6 Å². The van der Waals surface area contributed by atoms with Gasteiger partial charge in [-0.1, -0.05) is 17.7 Å². The van der Waals surface area contributed by atoms with Gasteiger partial charge in [-0.25, -0.2) is 0 Å². The minimum Gasteiger partial charge on any atom is -0.327 e. The number of nitro benzene ring substituents is 1. The number of nitro groups is 1. The molecule has 0 saturated carbocycles. The Hall–Kier alpha value is -0.980. The van der Waals surface area contributed by atoms with E-state index in [-0.39, 0.29) is 22.5 Å². The minimum absolute atomic E-state index is 0.0531. The highest BCUT2D eigenvalue weighted by Gasteiger charge is 2.19. The molecule has 0 fully saturated rings. The lowest BCUT2D eigenvalue weighted by Crippen LogP contribution is -2.23. The maximum atomic E-state index is 11.7. The maximum absolute atomic E-state index is 11.7. The largest absolute Gasteiger partial charge is 0.327 e. The minimum atomic E-state index is -1.25. The summed E-state index contributed by atoms with van der Waals surface area (Å²) in [4.78, 5) is 10.3. The lowest BCUT2D eigenvalue weighted by molar-refractivity contribution is -0.385. The fourth-order valence-electron chi connectivity index (χ4n) is 1.37. The van der Waals surface area contributed by atoms with Gasteiger partial charge in [-0.05, 0) is 13.0 Å². The molecule has 2 unspecified atom stereocenters. The van der Waals surface area contributed by atoms with Crippen LogP contribution in [-0.2, 0) is 16.6 Å². The summed E-state index contributed by atoms with van der Waals surface area (Å²) in [5, 5.41) is 11.1. The fourth-order valence-corrected chi connectivity index (χ4v) is 3.02. The molecule has 2 atom stereocenters. The third kappa shape index (κ3) is 4.07. The van der Waals surface area contributed by atoms with Crippen molar-refractivity contribution >= 4 is 28.1 Å². The number of halogens is 1. The van der Waals surface area contributed by atoms with Gasteiger partial charge in [-0.3, -0.25) is 14.3 Å². The molecule has 1 aromatic carbocycles. The van der Waals surface area contributed by atoms with Gasteiger partial charge in [-0.15, -0.1) is 0 Å². The van der Waals surface area contributed by atoms with Crippen molar-refractivity contribution in [2.75, 3.05) is 5.75 Å². The molecular formula is C10H13ClN2O3S. The molecule has 0 saturated heterocycles. The summed E-state index contributed by atoms with van der Waals surface area (Å²) in [6.45, 7) is 1.74. The molecule has 0 heterocycles. The van der Waals surface area contributed by atoms with E-state index in [1.54, 1.807) is 13.0 Å². The number of hydrogen-bond donors (Lipinski definition) is 1. The van der Waals surface area contributed by atoms with E-state index in [0.717, 1.165) is 0 Å². The Bertz CT molecular complexity index is 451. The number of rotatable bonds is 5. The Kier molecular flexibility index (Phi) is 5.04. The summed E-state index contributed by atoms with van der Waals surface area (Å²) in [6, 6.07) is 4.19. The zero-order valence-electron chi connectivity index (χ0n) is 9.26. The van der Waals surface area contributed by atoms with E-state index in [2.05, 4.69) is 0 Å². The van der Waals surface area contributed by atoms with Crippen LogP contribution in [0.15, 0.2) is 18.2 Å². The molecule has 1 rings (SSSR count). The predicted octanol–water partition coefficient (Wildman–Crippen LogP) is 1.84. The van der Waals surface area contributed by atoms with Crippen LogP contribution in [0.25, 0.3) is 0 Å². The molecule has 0 aliphatic rings. The van der Waals surface area contributed by atoms with Gasteiger partial charge in [-0.2, -0.15) is 0 Å². The van der Waals surface area contributed by atoms with Gasteiger partial charge in [0.15, 0.2) is 0 Å². The lowest BCUT2D eigenvalue weighted by atomic mass is 10.2. The van der Waals surface area contributed by atoms with Gasteiger partial charge in [0, 0.05) is 28.7 Å². The van der Waals surface area contributed by atoms with Crippen LogP contribution in [0.5, 0.6) is 0 Å². The highest BCUT2D eigenvalue weighted by molar-refractivity contribution is 7.84. The summed E-state index contributed by atoms with van der Waals surface area (Å²) >= 11 is 5.88. The molecule has 0 bridgehead atoms. The quantitative estimate of drug-likeness (QED) is 0.657. The average molecular weight is 277 g/mol. The highest BCUT2D eigenvalue weighted by atomic mass is 35.5. The van der Waals surface area contributed by atoms with E-state index in [0.29, 0.717) is 11.3 Å². The second-order valence-electron chi connectivity index (χ2n) is 3.72. The zero-order chi connectivity index (χ0) is 13.0. The molecule has 0 radical (unpaired) electrons. The first-order valence-corrected chi connectivity index (χ1v) is 6.80. The third-order valence-electron chi connectivity index (χ3n) is 2.04. The van der Waals surface area contributed by atoms with Crippen LogP contribution in [0.1, 0.15) is 12.5 Å². The summed E-state index contributed by atoms with van der Waals surface area (Å²) in [6.07, 6.45) is 0. The van der Waals surface area contributed by atoms with Crippen molar-refractivity contribution in [2.24, 2.45) is 5.73 Å². The molecule has 5 nitrogen and oxygen atoms in total. The average Bonchev–Trinajstić information content (AvgIpc) is 2.19. The van der Waals surface area contributed by atoms with Crippen molar-refractivity contribution in [3.8, 4) is 0 Å². The second kappa shape index (κ2) is 6.09. The van der Waals surface area contributed by atoms with Crippen LogP contribution in [0.2, 0.25) is 5.02 Å². The Morgan fingerprint density at radius 3 is 2.76 bits per heavy atom. The number of hydrogen-bond acceptors (Lipinski definition) is 4. The number of benzene rings is 1. The molecule has 1 aromatic rings. The first-order valence-electron chi connectivity index (χ1n) is 4.94. The van der Waals surface area contributed by atoms with Gasteiger partial charge >= 0.3 is 0 Å². The van der Waals surface area contributed by atoms with E-state index >= 15 is 0 Å². The van der Waals surface area contributed by atoms with Gasteiger partial charge in [0.2, 0.25) is 0 Å². The van der Waals surface area contributed by atoms with Crippen molar-refractivity contribution in [1.82, 2.24) is 0 Å². The highest BCUT2D eigenvalue weighted by Crippen LogP contribution is 2.27. The summed E-state index contributed by atoms with van der Waals surface area (Å²) < 4.78 is 11.7. The Morgan fingerprint density at radius 2 is 2.24 bits per heavy atom. The van der Waals surface area contributed by atoms with Crippen molar-refractivity contribution in [1.29, 1.82) is 0 Å². The second-order valence-corrected chi connectivity index (χ2v) is 5.63. The van der Waals surface area contributed by atoms with Crippen LogP contribution in [0.4, 0.5) is 5.69 Å². The first kappa shape index (κ1) is 14.1. The normalized spacial score (nSPS) is 14.3. The van der Waals surface area contributed by atoms with Gasteiger partial charge in [0.1, 0.15) is 0 Å². The van der Waals surface area contributed by atoms with Gasteiger partial charge < -0.3 is 5.73 Å². The predicted molar refractivity (Wildman–Crippen MR) is 68.5 cm³/mol. The van der Waals surface area contributed by atoms with Crippen LogP contribution < -0.4 is 5.73 Å². The molecule has 2 N–H and O–H groups in total. The summed E-state index contributed by atoms with van der Waals surface area (Å²) in [5.41, 5.74) is 5.73. The van der Waals surface area contributed by atoms with E-state index in [1.165, 1.54) is 12.1 Å². The van der Waals surface area contributed by atoms with Crippen molar-refractivity contribution in [3.05, 3.63) is 38.9 Å². The zero-order valence-corrected chi connectivity index (χ0v) is 10.8. The SMILES string of the molecule is CC(N)CS(=O)Cc1c(Cl)cccc1[N+](=O)[O-]. The van der Waals surface area contributed by atoms with E-state index in [9.17, 15) is 14.3 Å². The fraction of sp³-hybridized carbons (Fsp3) is 0.400. The summed E-state index contributed by atoms with van der Waals surface area (Å²) in [5.74, 6) is 0.347. The van der Waals surface area contributed by atoms with Crippen LogP contribution in [0.3, 0.4) is 0 Å². The first-order chi connectivity index (χ1) is 7.91. The van der Waals surface area contributed by atoms with Crippen molar-refractivity contribution < 1.29 is 9.13 Å². The monoisotopic (exact) mass is 276 g/mol. The van der Waals surface area contributed by atoms with E-state index in [1.807, 2.05) is 0 Å². The Balaban J connectivity index is 2.97. The number of nitrogens with zero attached hydrogens (tertiary/aromatic N) is 1. The Labute approximate surface area is 107 Å². The molecule has 17 heavy (non-hydrogen) atoms. The van der Waals surface area contributed by atoms with Crippen LogP contribution in [0, 0.1) is 10.1 Å². The van der Waals surface area contributed by atoms with Crippen molar-refractivity contribution in [3.63, 3.8) is 0 Å². The van der Waals surface area contributed by atoms with Gasteiger partial charge in [0.25, 0.3) is 5.69 Å². The number of nitrogens with two attached hydrogens (primary N) is 1. The Morgan fingerprint density at radius 1 is 1.59 bits per heavy atom. The molecule has 0 spiro atoms. The lowest BCUT2D eigenvalue weighted by Gasteiger charge is -2.07. The standard InChI is InChI=1S/C10H13ClN2O3S/c1-7(12)5-17(16)6-8-9(11)3-2-4-10(8)13(14)15/h2-4,7H,5-6,12H2,1H3. The molecule has 7 heteroatoms. The molecule has 0 amide bonds. The van der Waals surface area contributed by atoms with Crippen molar-refractivity contribution in [2.45, 2.75) is 18.7 Å². The molecule has 94 valence electrons. The molecule has 0 aliphatic heterocycles. The molecule has 0 aromatic heterocycles. The van der Waals surface area contributed by atoms with E-state index < -0.39 is 15.7 Å². The maximum Gasteiger partial charge on any atom is 0.275 e. The molecular weight excluding hydrogens is 264 g/mol. The summed E-state index contributed by atoms with van der Waals surface area (Å²) in [7, 11) is -1.25. The third-order valence-corrected chi connectivity index (χ3v) is 3.91. The smallest absolute Gasteiger partial charge is 0.275 e.